The lowest BCUT2D eigenvalue weighted by Gasteiger charge is -2.19. The second-order valence-corrected chi connectivity index (χ2v) is 4.25. The second-order valence-electron chi connectivity index (χ2n) is 4.25. The van der Waals surface area contributed by atoms with Crippen molar-refractivity contribution in [1.29, 1.82) is 0 Å². The summed E-state index contributed by atoms with van der Waals surface area (Å²) in [4.78, 5) is 25.0. The van der Waals surface area contributed by atoms with E-state index in [4.69, 9.17) is 5.11 Å². The fourth-order valence-corrected chi connectivity index (χ4v) is 1.50. The molecule has 2 N–H and O–H groups in total. The zero-order chi connectivity index (χ0) is 13.1. The number of nitrogens with zero attached hydrogens (tertiary/aromatic N) is 5. The summed E-state index contributed by atoms with van der Waals surface area (Å²) in [7, 11) is 1.57. The Labute approximate surface area is 103 Å². The number of aryl methyl sites for hydroxylation is 1. The largest absolute Gasteiger partial charge is 0.480 e. The minimum Gasteiger partial charge on any atom is -0.480 e. The molecule has 1 aliphatic rings. The van der Waals surface area contributed by atoms with Gasteiger partial charge in [0.05, 0.1) is 7.05 Å². The molecule has 9 heteroatoms. The molecular weight excluding hydrogens is 240 g/mol. The topological polar surface area (TPSA) is 113 Å². The molecule has 0 bridgehead atoms. The van der Waals surface area contributed by atoms with Crippen LogP contribution in [0.4, 0.5) is 10.7 Å². The quantitative estimate of drug-likeness (QED) is 0.735. The Kier molecular flexibility index (Phi) is 3.40. The van der Waals surface area contributed by atoms with Crippen molar-refractivity contribution in [1.82, 2.24) is 25.1 Å². The number of aromatic nitrogens is 4. The van der Waals surface area contributed by atoms with E-state index < -0.39 is 12.0 Å². The molecule has 1 aliphatic carbocycles. The van der Waals surface area contributed by atoms with Crippen molar-refractivity contribution in [3.63, 3.8) is 0 Å². The third-order valence-electron chi connectivity index (χ3n) is 2.52. The van der Waals surface area contributed by atoms with Gasteiger partial charge in [-0.3, -0.25) is 10.1 Å². The summed E-state index contributed by atoms with van der Waals surface area (Å²) in [6.07, 6.45) is 2.07. The first kappa shape index (κ1) is 12.3. The zero-order valence-electron chi connectivity index (χ0n) is 9.91. The third kappa shape index (κ3) is 3.40. The summed E-state index contributed by atoms with van der Waals surface area (Å²) in [5.74, 6) is -0.573. The number of carbonyl (C=O) groups excluding carboxylic acids is 1. The molecule has 0 radical (unpaired) electrons. The number of rotatable bonds is 5. The van der Waals surface area contributed by atoms with Gasteiger partial charge in [-0.25, -0.2) is 4.79 Å². The van der Waals surface area contributed by atoms with Gasteiger partial charge in [0.1, 0.15) is 6.54 Å². The Morgan fingerprint density at radius 3 is 2.78 bits per heavy atom. The number of anilines is 1. The van der Waals surface area contributed by atoms with Gasteiger partial charge in [-0.1, -0.05) is 5.10 Å². The van der Waals surface area contributed by atoms with Crippen LogP contribution in [0.3, 0.4) is 0 Å². The third-order valence-corrected chi connectivity index (χ3v) is 2.52. The molecule has 0 unspecified atom stereocenters. The van der Waals surface area contributed by atoms with Crippen molar-refractivity contribution in [3.8, 4) is 0 Å². The molecule has 2 rings (SSSR count). The van der Waals surface area contributed by atoms with Crippen LogP contribution in [-0.2, 0) is 11.8 Å². The van der Waals surface area contributed by atoms with E-state index in [0.29, 0.717) is 12.5 Å². The number of carbonyl (C=O) groups is 2. The van der Waals surface area contributed by atoms with Gasteiger partial charge in [0, 0.05) is 6.54 Å². The van der Waals surface area contributed by atoms with Crippen molar-refractivity contribution < 1.29 is 14.7 Å². The average molecular weight is 254 g/mol. The van der Waals surface area contributed by atoms with Gasteiger partial charge in [-0.2, -0.15) is 4.80 Å². The minimum absolute atomic E-state index is 0.0636. The van der Waals surface area contributed by atoms with E-state index in [1.165, 1.54) is 9.70 Å². The van der Waals surface area contributed by atoms with Crippen LogP contribution in [-0.4, -0.2) is 55.3 Å². The molecular formula is C9H14N6O3. The van der Waals surface area contributed by atoms with E-state index in [0.717, 1.165) is 12.8 Å². The lowest BCUT2D eigenvalue weighted by Crippen LogP contribution is -2.40. The molecule has 9 nitrogen and oxygen atoms in total. The predicted molar refractivity (Wildman–Crippen MR) is 59.7 cm³/mol. The van der Waals surface area contributed by atoms with Crippen LogP contribution in [0.2, 0.25) is 0 Å². The van der Waals surface area contributed by atoms with Crippen LogP contribution < -0.4 is 5.32 Å². The standard InChI is InChI=1S/C9H14N6O3/c1-14-12-8(11-13-14)10-9(18)15(5-7(16)17)4-6-2-3-6/h6H,2-5H2,1H3,(H,16,17)(H,10,12,18). The van der Waals surface area contributed by atoms with Gasteiger partial charge < -0.3 is 10.0 Å². The summed E-state index contributed by atoms with van der Waals surface area (Å²) in [6.45, 7) is 0.112. The summed E-state index contributed by atoms with van der Waals surface area (Å²) in [5.41, 5.74) is 0. The fraction of sp³-hybridized carbons (Fsp3) is 0.667. The number of nitrogens with one attached hydrogen (secondary N) is 1. The van der Waals surface area contributed by atoms with Gasteiger partial charge in [-0.15, -0.1) is 5.10 Å². The van der Waals surface area contributed by atoms with Crippen LogP contribution in [0, 0.1) is 5.92 Å². The normalized spacial score (nSPS) is 14.3. The number of amides is 2. The van der Waals surface area contributed by atoms with Crippen molar-refractivity contribution in [2.45, 2.75) is 12.8 Å². The van der Waals surface area contributed by atoms with Crippen molar-refractivity contribution >= 4 is 17.9 Å². The Bertz CT molecular complexity index is 455. The molecule has 1 heterocycles. The molecule has 0 aromatic carbocycles. The summed E-state index contributed by atoms with van der Waals surface area (Å²) >= 11 is 0. The van der Waals surface area contributed by atoms with E-state index in [1.807, 2.05) is 0 Å². The molecule has 18 heavy (non-hydrogen) atoms. The number of carboxylic acid groups (broad SMARTS) is 1. The predicted octanol–water partition coefficient (Wildman–Crippen LogP) is -0.461. The number of carboxylic acids is 1. The summed E-state index contributed by atoms with van der Waals surface area (Å²) < 4.78 is 0. The van der Waals surface area contributed by atoms with Gasteiger partial charge in [0.25, 0.3) is 5.95 Å². The van der Waals surface area contributed by atoms with Crippen molar-refractivity contribution in [2.75, 3.05) is 18.4 Å². The lowest BCUT2D eigenvalue weighted by molar-refractivity contribution is -0.137. The highest BCUT2D eigenvalue weighted by Gasteiger charge is 2.28. The van der Waals surface area contributed by atoms with Gasteiger partial charge >= 0.3 is 12.0 Å². The van der Waals surface area contributed by atoms with Crippen LogP contribution in [0.25, 0.3) is 0 Å². The number of hydrogen-bond donors (Lipinski definition) is 2. The SMILES string of the molecule is Cn1nnc(NC(=O)N(CC(=O)O)CC2CC2)n1. The Morgan fingerprint density at radius 1 is 1.56 bits per heavy atom. The highest BCUT2D eigenvalue weighted by Crippen LogP contribution is 2.29. The molecule has 98 valence electrons. The van der Waals surface area contributed by atoms with Crippen LogP contribution in [0.15, 0.2) is 0 Å². The molecule has 1 fully saturated rings. The number of urea groups is 1. The molecule has 2 amide bonds. The first-order chi connectivity index (χ1) is 8.54. The Hall–Kier alpha value is -2.19. The molecule has 0 aliphatic heterocycles. The van der Waals surface area contributed by atoms with E-state index in [9.17, 15) is 9.59 Å². The van der Waals surface area contributed by atoms with Crippen LogP contribution in [0.5, 0.6) is 0 Å². The van der Waals surface area contributed by atoms with Crippen LogP contribution >= 0.6 is 0 Å². The molecule has 0 spiro atoms. The fourth-order valence-electron chi connectivity index (χ4n) is 1.50. The average Bonchev–Trinajstić information content (AvgIpc) is 3.00. The number of hydrogen-bond acceptors (Lipinski definition) is 5. The van der Waals surface area contributed by atoms with Crippen LogP contribution in [0.1, 0.15) is 12.8 Å². The maximum absolute atomic E-state index is 11.9. The Balaban J connectivity index is 1.95. The first-order valence-corrected chi connectivity index (χ1v) is 5.56. The lowest BCUT2D eigenvalue weighted by atomic mass is 10.4. The highest BCUT2D eigenvalue weighted by molar-refractivity contribution is 5.89. The maximum atomic E-state index is 11.9. The van der Waals surface area contributed by atoms with Gasteiger partial charge in [0.2, 0.25) is 0 Å². The zero-order valence-corrected chi connectivity index (χ0v) is 9.91. The van der Waals surface area contributed by atoms with Crippen molar-refractivity contribution in [3.05, 3.63) is 0 Å². The number of tetrazole rings is 1. The molecule has 0 saturated heterocycles. The maximum Gasteiger partial charge on any atom is 0.324 e. The van der Waals surface area contributed by atoms with E-state index in [1.54, 1.807) is 7.05 Å². The number of aliphatic carboxylic acids is 1. The molecule has 1 aromatic rings. The smallest absolute Gasteiger partial charge is 0.324 e. The summed E-state index contributed by atoms with van der Waals surface area (Å²) in [6, 6.07) is -0.516. The monoisotopic (exact) mass is 254 g/mol. The van der Waals surface area contributed by atoms with Crippen molar-refractivity contribution in [2.24, 2.45) is 13.0 Å². The minimum atomic E-state index is -1.04. The Morgan fingerprint density at radius 2 is 2.28 bits per heavy atom. The summed E-state index contributed by atoms with van der Waals surface area (Å²) in [5, 5.41) is 22.2. The van der Waals surface area contributed by atoms with E-state index in [2.05, 4.69) is 20.7 Å². The van der Waals surface area contributed by atoms with E-state index in [-0.39, 0.29) is 12.5 Å². The van der Waals surface area contributed by atoms with Gasteiger partial charge in [-0.05, 0) is 24.0 Å². The molecule has 1 saturated carbocycles. The molecule has 1 aromatic heterocycles. The second kappa shape index (κ2) is 4.98. The van der Waals surface area contributed by atoms with E-state index >= 15 is 0 Å². The van der Waals surface area contributed by atoms with Gasteiger partial charge in [0.15, 0.2) is 0 Å². The highest BCUT2D eigenvalue weighted by atomic mass is 16.4. The molecule has 0 atom stereocenters. The first-order valence-electron chi connectivity index (χ1n) is 5.56.